The number of esters is 3. The van der Waals surface area contributed by atoms with Gasteiger partial charge in [0.1, 0.15) is 18.3 Å². The molecule has 1 aliphatic carbocycles. The lowest BCUT2D eigenvalue weighted by molar-refractivity contribution is -0.180. The highest BCUT2D eigenvalue weighted by Gasteiger charge is 2.60. The maximum absolute atomic E-state index is 14.2. The quantitative estimate of drug-likeness (QED) is 0.344. The highest BCUT2D eigenvalue weighted by Crippen LogP contribution is 2.59. The first-order valence-electron chi connectivity index (χ1n) is 16.6. The number of nitrogens with one attached hydrogen (secondary N) is 1. The third-order valence-corrected chi connectivity index (χ3v) is 11.1. The fourth-order valence-electron chi connectivity index (χ4n) is 8.94. The van der Waals surface area contributed by atoms with Gasteiger partial charge in [0.05, 0.1) is 11.8 Å². The van der Waals surface area contributed by atoms with Crippen LogP contribution in [0.1, 0.15) is 81.3 Å². The number of hydrogen-bond acceptors (Lipinski definition) is 8. The Morgan fingerprint density at radius 2 is 1.25 bits per heavy atom. The Labute approximate surface area is 259 Å². The monoisotopic (exact) mass is 600 g/mol. The Bertz CT molecular complexity index is 1340. The summed E-state index contributed by atoms with van der Waals surface area (Å²) in [6.07, 6.45) is 5.69. The van der Waals surface area contributed by atoms with Crippen LogP contribution in [0, 0.1) is 11.8 Å². The summed E-state index contributed by atoms with van der Waals surface area (Å²) in [6, 6.07) is 21.1. The molecule has 1 saturated carbocycles. The van der Waals surface area contributed by atoms with Gasteiger partial charge >= 0.3 is 17.9 Å². The Kier molecular flexibility index (Phi) is 8.23. The zero-order valence-corrected chi connectivity index (χ0v) is 25.7. The van der Waals surface area contributed by atoms with E-state index in [4.69, 9.17) is 14.2 Å². The highest BCUT2D eigenvalue weighted by atomic mass is 16.6. The first-order chi connectivity index (χ1) is 21.4. The zero-order valence-electron chi connectivity index (χ0n) is 25.7. The topological polar surface area (TPSA) is 94.2 Å². The lowest BCUT2D eigenvalue weighted by Crippen LogP contribution is -2.54. The van der Waals surface area contributed by atoms with Gasteiger partial charge in [0.15, 0.2) is 0 Å². The van der Waals surface area contributed by atoms with Crippen LogP contribution in [0.3, 0.4) is 0 Å². The molecule has 1 N–H and O–H groups in total. The fraction of sp³-hybridized carbons (Fsp3) is 0.583. The second-order valence-corrected chi connectivity index (χ2v) is 13.6. The van der Waals surface area contributed by atoms with Crippen molar-refractivity contribution < 1.29 is 28.6 Å². The molecule has 4 saturated heterocycles. The second-order valence-electron chi connectivity index (χ2n) is 13.6. The van der Waals surface area contributed by atoms with Crippen LogP contribution in [0.25, 0.3) is 0 Å². The van der Waals surface area contributed by atoms with E-state index >= 15 is 0 Å². The van der Waals surface area contributed by atoms with Gasteiger partial charge in [0, 0.05) is 55.3 Å². The van der Waals surface area contributed by atoms with Gasteiger partial charge in [-0.05, 0) is 50.3 Å². The third kappa shape index (κ3) is 5.56. The van der Waals surface area contributed by atoms with E-state index in [1.807, 2.05) is 36.4 Å². The predicted molar refractivity (Wildman–Crippen MR) is 164 cm³/mol. The average Bonchev–Trinajstić information content (AvgIpc) is 3.38. The molecule has 4 aliphatic heterocycles. The minimum Gasteiger partial charge on any atom is -0.462 e. The number of ether oxygens (including phenoxy) is 3. The van der Waals surface area contributed by atoms with Crippen LogP contribution in [0.5, 0.6) is 0 Å². The van der Waals surface area contributed by atoms with Crippen LogP contribution in [0.2, 0.25) is 0 Å². The number of nitrogens with zero attached hydrogens (tertiary/aromatic N) is 1. The molecule has 5 aliphatic rings. The van der Waals surface area contributed by atoms with E-state index in [0.29, 0.717) is 31.3 Å². The van der Waals surface area contributed by atoms with E-state index in [1.54, 1.807) is 6.92 Å². The van der Waals surface area contributed by atoms with Crippen molar-refractivity contribution in [3.8, 4) is 0 Å². The van der Waals surface area contributed by atoms with Crippen LogP contribution in [0.15, 0.2) is 60.7 Å². The number of rotatable bonds is 8. The summed E-state index contributed by atoms with van der Waals surface area (Å²) >= 11 is 0. The molecule has 2 aromatic carbocycles. The molecular weight excluding hydrogens is 556 g/mol. The van der Waals surface area contributed by atoms with Gasteiger partial charge in [-0.25, -0.2) is 0 Å². The number of hydrogen-bond donors (Lipinski definition) is 1. The summed E-state index contributed by atoms with van der Waals surface area (Å²) in [5.74, 6) is -2.46. The molecule has 8 heteroatoms. The molecule has 4 bridgehead atoms. The fourth-order valence-corrected chi connectivity index (χ4v) is 8.94. The van der Waals surface area contributed by atoms with Crippen LogP contribution in [-0.4, -0.2) is 72.3 Å². The molecule has 4 heterocycles. The van der Waals surface area contributed by atoms with Crippen molar-refractivity contribution in [3.63, 3.8) is 0 Å². The largest absolute Gasteiger partial charge is 0.462 e. The zero-order chi connectivity index (χ0) is 30.4. The lowest BCUT2D eigenvalue weighted by Gasteiger charge is -2.50. The first-order valence-corrected chi connectivity index (χ1v) is 16.6. The summed E-state index contributed by atoms with van der Waals surface area (Å²) in [7, 11) is 2.18. The van der Waals surface area contributed by atoms with Gasteiger partial charge in [-0.3, -0.25) is 14.4 Å². The number of carbonyl (C=O) groups excluding carboxylic acids is 3. The van der Waals surface area contributed by atoms with E-state index in [2.05, 4.69) is 41.5 Å². The number of piperidine rings is 2. The molecule has 234 valence electrons. The van der Waals surface area contributed by atoms with E-state index in [0.717, 1.165) is 43.2 Å². The summed E-state index contributed by atoms with van der Waals surface area (Å²) in [5, 5.41) is 3.54. The van der Waals surface area contributed by atoms with Crippen molar-refractivity contribution in [2.75, 3.05) is 7.05 Å². The van der Waals surface area contributed by atoms with Crippen molar-refractivity contribution in [2.45, 2.75) is 113 Å². The molecule has 7 rings (SSSR count). The second kappa shape index (κ2) is 12.3. The Morgan fingerprint density at radius 3 is 1.77 bits per heavy atom. The number of carbonyl (C=O) groups is 3. The van der Waals surface area contributed by atoms with E-state index in [1.165, 1.54) is 0 Å². The Morgan fingerprint density at radius 1 is 0.727 bits per heavy atom. The van der Waals surface area contributed by atoms with Crippen molar-refractivity contribution >= 4 is 17.9 Å². The van der Waals surface area contributed by atoms with Crippen molar-refractivity contribution in [2.24, 2.45) is 11.8 Å². The SMILES string of the molecule is CCC(=O)O[C@@H]1C[C@H]2C[C@@H](OC(=O)[C@H]3[C@H](C(=O)OC4C[C@H]5CC[C@@H](C4)N5C)[C@@H](c4ccccc4)[C@@H]3c3ccccc3)C[C@@H]1N2. The smallest absolute Gasteiger partial charge is 0.310 e. The molecule has 0 radical (unpaired) electrons. The van der Waals surface area contributed by atoms with Crippen molar-refractivity contribution in [1.82, 2.24) is 10.2 Å². The number of fused-ring (bicyclic) bond motifs is 4. The summed E-state index contributed by atoms with van der Waals surface area (Å²) in [6.45, 7) is 1.80. The number of benzene rings is 2. The van der Waals surface area contributed by atoms with E-state index in [9.17, 15) is 14.4 Å². The maximum atomic E-state index is 14.2. The normalized spacial score (nSPS) is 37.5. The van der Waals surface area contributed by atoms with Gasteiger partial charge in [-0.1, -0.05) is 67.6 Å². The Hall–Kier alpha value is -3.23. The molecule has 2 aromatic rings. The Balaban J connectivity index is 1.13. The molecule has 0 amide bonds. The van der Waals surface area contributed by atoms with Crippen molar-refractivity contribution in [3.05, 3.63) is 71.8 Å². The molecule has 0 spiro atoms. The minimum absolute atomic E-state index is 0.0361. The van der Waals surface area contributed by atoms with Crippen molar-refractivity contribution in [1.29, 1.82) is 0 Å². The molecule has 1 unspecified atom stereocenters. The van der Waals surface area contributed by atoms with Crippen LogP contribution < -0.4 is 5.32 Å². The van der Waals surface area contributed by atoms with E-state index in [-0.39, 0.29) is 60.1 Å². The van der Waals surface area contributed by atoms with Crippen LogP contribution in [0.4, 0.5) is 0 Å². The molecule has 44 heavy (non-hydrogen) atoms. The van der Waals surface area contributed by atoms with Gasteiger partial charge in [0.2, 0.25) is 0 Å². The maximum Gasteiger partial charge on any atom is 0.310 e. The van der Waals surface area contributed by atoms with Gasteiger partial charge in [-0.2, -0.15) is 0 Å². The molecule has 11 atom stereocenters. The molecule has 5 fully saturated rings. The molecule has 8 nitrogen and oxygen atoms in total. The minimum atomic E-state index is -0.639. The first kappa shape index (κ1) is 29.5. The summed E-state index contributed by atoms with van der Waals surface area (Å²) in [5.41, 5.74) is 2.07. The van der Waals surface area contributed by atoms with Crippen LogP contribution in [-0.2, 0) is 28.6 Å². The van der Waals surface area contributed by atoms with Gasteiger partial charge in [-0.15, -0.1) is 0 Å². The average molecular weight is 601 g/mol. The molecule has 0 aromatic heterocycles. The lowest BCUT2D eigenvalue weighted by atomic mass is 9.52. The third-order valence-electron chi connectivity index (χ3n) is 11.1. The van der Waals surface area contributed by atoms with Crippen LogP contribution >= 0.6 is 0 Å². The standard InChI is InChI=1S/C36H44N2O6/c1-3-30(39)44-29-17-23-16-26(20-28(29)37-23)42-35(40)33-31(21-10-6-4-7-11-21)32(22-12-8-5-9-13-22)34(33)36(41)43-27-18-24-14-15-25(19-27)38(24)2/h4-13,23-29,31-34,37H,3,14-20H2,1-2H3/t23-,24-,25+,26-,27?,28+,29-,31+,32+,33-,34-/m1/s1. The predicted octanol–water partition coefficient (Wildman–Crippen LogP) is 4.73. The van der Waals surface area contributed by atoms with E-state index < -0.39 is 11.8 Å². The summed E-state index contributed by atoms with van der Waals surface area (Å²) < 4.78 is 18.3. The summed E-state index contributed by atoms with van der Waals surface area (Å²) in [4.78, 5) is 42.8. The van der Waals surface area contributed by atoms with Gasteiger partial charge in [0.25, 0.3) is 0 Å². The van der Waals surface area contributed by atoms with Gasteiger partial charge < -0.3 is 24.4 Å². The molecular formula is C36H44N2O6. The highest BCUT2D eigenvalue weighted by molar-refractivity contribution is 5.87.